The quantitative estimate of drug-likeness (QED) is 0.640. The number of benzene rings is 1. The first-order chi connectivity index (χ1) is 14.6. The molecular formula is C24H27N3O3. The van der Waals surface area contributed by atoms with Gasteiger partial charge in [-0.15, -0.1) is 0 Å². The van der Waals surface area contributed by atoms with E-state index in [2.05, 4.69) is 5.16 Å². The van der Waals surface area contributed by atoms with Gasteiger partial charge in [0.1, 0.15) is 11.9 Å². The fraction of sp³-hybridized carbons (Fsp3) is 0.375. The van der Waals surface area contributed by atoms with Crippen LogP contribution in [0.15, 0.2) is 47.0 Å². The van der Waals surface area contributed by atoms with E-state index >= 15 is 0 Å². The number of hydrogen-bond donors (Lipinski definition) is 0. The SMILES string of the molecule is CCc1onc(C)c1-c1cccc([C@H]2CN(C(=O)Cc3ccccc3C)CCO2)n1. The molecule has 0 radical (unpaired) electrons. The summed E-state index contributed by atoms with van der Waals surface area (Å²) in [5.41, 5.74) is 5.64. The summed E-state index contributed by atoms with van der Waals surface area (Å²) in [7, 11) is 0. The van der Waals surface area contributed by atoms with E-state index in [1.807, 2.05) is 68.1 Å². The molecule has 0 bridgehead atoms. The molecule has 0 saturated carbocycles. The molecule has 0 unspecified atom stereocenters. The number of rotatable bonds is 5. The Morgan fingerprint density at radius 1 is 1.17 bits per heavy atom. The smallest absolute Gasteiger partial charge is 0.227 e. The molecule has 0 spiro atoms. The number of hydrogen-bond acceptors (Lipinski definition) is 5. The summed E-state index contributed by atoms with van der Waals surface area (Å²) in [5, 5.41) is 4.09. The summed E-state index contributed by atoms with van der Waals surface area (Å²) in [4.78, 5) is 19.6. The van der Waals surface area contributed by atoms with E-state index in [9.17, 15) is 4.79 Å². The molecule has 1 amide bonds. The maximum absolute atomic E-state index is 12.9. The molecule has 1 atom stereocenters. The molecule has 4 rings (SSSR count). The molecule has 30 heavy (non-hydrogen) atoms. The van der Waals surface area contributed by atoms with Crippen LogP contribution in [0.2, 0.25) is 0 Å². The third-order valence-electron chi connectivity index (χ3n) is 5.63. The predicted octanol–water partition coefficient (Wildman–Crippen LogP) is 4.06. The van der Waals surface area contributed by atoms with E-state index in [4.69, 9.17) is 14.2 Å². The first kappa shape index (κ1) is 20.3. The van der Waals surface area contributed by atoms with Gasteiger partial charge in [0.2, 0.25) is 5.91 Å². The van der Waals surface area contributed by atoms with Gasteiger partial charge in [0.15, 0.2) is 0 Å². The summed E-state index contributed by atoms with van der Waals surface area (Å²) in [6, 6.07) is 13.9. The zero-order chi connectivity index (χ0) is 21.1. The minimum Gasteiger partial charge on any atom is -0.368 e. The lowest BCUT2D eigenvalue weighted by molar-refractivity contribution is -0.138. The molecule has 3 heterocycles. The number of amides is 1. The van der Waals surface area contributed by atoms with Crippen molar-refractivity contribution in [1.82, 2.24) is 15.0 Å². The van der Waals surface area contributed by atoms with Crippen molar-refractivity contribution in [3.63, 3.8) is 0 Å². The lowest BCUT2D eigenvalue weighted by Gasteiger charge is -2.33. The molecule has 1 saturated heterocycles. The summed E-state index contributed by atoms with van der Waals surface area (Å²) >= 11 is 0. The molecule has 1 aliphatic rings. The number of nitrogens with zero attached hydrogens (tertiary/aromatic N) is 3. The van der Waals surface area contributed by atoms with Crippen molar-refractivity contribution >= 4 is 5.91 Å². The fourth-order valence-electron chi connectivity index (χ4n) is 3.89. The highest BCUT2D eigenvalue weighted by atomic mass is 16.5. The van der Waals surface area contributed by atoms with Crippen molar-refractivity contribution < 1.29 is 14.1 Å². The van der Waals surface area contributed by atoms with Crippen LogP contribution in [0.3, 0.4) is 0 Å². The zero-order valence-corrected chi connectivity index (χ0v) is 17.7. The molecule has 3 aromatic rings. The van der Waals surface area contributed by atoms with Crippen LogP contribution in [0, 0.1) is 13.8 Å². The molecule has 156 valence electrons. The Bertz CT molecular complexity index is 1040. The second-order valence-corrected chi connectivity index (χ2v) is 7.67. The van der Waals surface area contributed by atoms with Crippen LogP contribution in [0.25, 0.3) is 11.3 Å². The lowest BCUT2D eigenvalue weighted by Crippen LogP contribution is -2.43. The number of ether oxygens (including phenoxy) is 1. The van der Waals surface area contributed by atoms with Crippen molar-refractivity contribution in [2.75, 3.05) is 19.7 Å². The molecule has 1 fully saturated rings. The summed E-state index contributed by atoms with van der Waals surface area (Å²) in [6.45, 7) is 7.61. The van der Waals surface area contributed by atoms with E-state index in [-0.39, 0.29) is 12.0 Å². The maximum atomic E-state index is 12.9. The van der Waals surface area contributed by atoms with Crippen LogP contribution in [-0.2, 0) is 22.4 Å². The van der Waals surface area contributed by atoms with Gasteiger partial charge < -0.3 is 14.2 Å². The molecule has 6 nitrogen and oxygen atoms in total. The highest BCUT2D eigenvalue weighted by Gasteiger charge is 2.27. The van der Waals surface area contributed by atoms with Crippen LogP contribution >= 0.6 is 0 Å². The van der Waals surface area contributed by atoms with Crippen molar-refractivity contribution in [3.8, 4) is 11.3 Å². The van der Waals surface area contributed by atoms with Gasteiger partial charge in [0.25, 0.3) is 0 Å². The summed E-state index contributed by atoms with van der Waals surface area (Å²) in [6.07, 6.45) is 0.917. The Morgan fingerprint density at radius 2 is 2.00 bits per heavy atom. The number of pyridine rings is 1. The van der Waals surface area contributed by atoms with Gasteiger partial charge in [0.05, 0.1) is 42.2 Å². The standard InChI is InChI=1S/C24H27N3O3/c1-4-21-24(17(3)26-30-21)20-11-7-10-19(25-20)22-15-27(12-13-29-22)23(28)14-18-9-6-5-8-16(18)2/h5-11,22H,4,12-15H2,1-3H3/t22-/m1/s1. The fourth-order valence-corrected chi connectivity index (χ4v) is 3.89. The third kappa shape index (κ3) is 4.14. The third-order valence-corrected chi connectivity index (χ3v) is 5.63. The van der Waals surface area contributed by atoms with E-state index in [0.717, 1.165) is 46.0 Å². The van der Waals surface area contributed by atoms with Crippen LogP contribution < -0.4 is 0 Å². The minimum atomic E-state index is -0.246. The van der Waals surface area contributed by atoms with E-state index < -0.39 is 0 Å². The Kier molecular flexibility index (Phi) is 5.95. The average molecular weight is 405 g/mol. The van der Waals surface area contributed by atoms with Crippen molar-refractivity contribution in [2.24, 2.45) is 0 Å². The number of morpholine rings is 1. The topological polar surface area (TPSA) is 68.5 Å². The molecule has 0 N–H and O–H groups in total. The number of aromatic nitrogens is 2. The molecule has 6 heteroatoms. The second-order valence-electron chi connectivity index (χ2n) is 7.67. The van der Waals surface area contributed by atoms with Gasteiger partial charge in [-0.3, -0.25) is 4.79 Å². The summed E-state index contributed by atoms with van der Waals surface area (Å²) < 4.78 is 11.4. The number of carbonyl (C=O) groups excluding carboxylic acids is 1. The average Bonchev–Trinajstić information content (AvgIpc) is 3.16. The highest BCUT2D eigenvalue weighted by Crippen LogP contribution is 2.29. The zero-order valence-electron chi connectivity index (χ0n) is 17.7. The highest BCUT2D eigenvalue weighted by molar-refractivity contribution is 5.79. The number of aryl methyl sites for hydroxylation is 3. The van der Waals surface area contributed by atoms with Crippen LogP contribution in [-0.4, -0.2) is 40.6 Å². The van der Waals surface area contributed by atoms with Gasteiger partial charge in [0, 0.05) is 13.0 Å². The predicted molar refractivity (Wildman–Crippen MR) is 114 cm³/mol. The normalized spacial score (nSPS) is 16.6. The molecular weight excluding hydrogens is 378 g/mol. The van der Waals surface area contributed by atoms with Crippen LogP contribution in [0.4, 0.5) is 0 Å². The Hall–Kier alpha value is -2.99. The van der Waals surface area contributed by atoms with Crippen LogP contribution in [0.5, 0.6) is 0 Å². The summed E-state index contributed by atoms with van der Waals surface area (Å²) in [5.74, 6) is 0.952. The van der Waals surface area contributed by atoms with Crippen LogP contribution in [0.1, 0.15) is 41.3 Å². The largest absolute Gasteiger partial charge is 0.368 e. The van der Waals surface area contributed by atoms with Crippen molar-refractivity contribution in [2.45, 2.75) is 39.7 Å². The van der Waals surface area contributed by atoms with Crippen molar-refractivity contribution in [1.29, 1.82) is 0 Å². The first-order valence-corrected chi connectivity index (χ1v) is 10.4. The molecule has 0 aliphatic carbocycles. The van der Waals surface area contributed by atoms with Crippen molar-refractivity contribution in [3.05, 3.63) is 70.7 Å². The molecule has 1 aliphatic heterocycles. The van der Waals surface area contributed by atoms with Gasteiger partial charge in [-0.1, -0.05) is 42.4 Å². The van der Waals surface area contributed by atoms with E-state index in [1.54, 1.807) is 0 Å². The Labute approximate surface area is 176 Å². The Morgan fingerprint density at radius 3 is 2.80 bits per heavy atom. The molecule has 1 aromatic carbocycles. The van der Waals surface area contributed by atoms with Gasteiger partial charge in [-0.25, -0.2) is 4.98 Å². The van der Waals surface area contributed by atoms with E-state index in [0.29, 0.717) is 26.1 Å². The van der Waals surface area contributed by atoms with Gasteiger partial charge in [-0.05, 0) is 37.1 Å². The van der Waals surface area contributed by atoms with Gasteiger partial charge >= 0.3 is 0 Å². The van der Waals surface area contributed by atoms with Gasteiger partial charge in [-0.2, -0.15) is 0 Å². The first-order valence-electron chi connectivity index (χ1n) is 10.4. The second kappa shape index (κ2) is 8.79. The van der Waals surface area contributed by atoms with E-state index in [1.165, 1.54) is 0 Å². The maximum Gasteiger partial charge on any atom is 0.227 e. The number of carbonyl (C=O) groups is 1. The monoisotopic (exact) mass is 405 g/mol. The lowest BCUT2D eigenvalue weighted by atomic mass is 10.0. The Balaban J connectivity index is 1.52. The minimum absolute atomic E-state index is 0.122. The molecule has 2 aromatic heterocycles.